The Hall–Kier alpha value is -3.32. The number of rotatable bonds is 10. The molecule has 0 aliphatic carbocycles. The van der Waals surface area contributed by atoms with Crippen molar-refractivity contribution in [1.82, 2.24) is 5.32 Å². The van der Waals surface area contributed by atoms with Crippen molar-refractivity contribution < 1.29 is 17.9 Å². The smallest absolute Gasteiger partial charge is 0.264 e. The molecule has 174 valence electrons. The normalized spacial score (nSPS) is 11.1. The van der Waals surface area contributed by atoms with E-state index in [2.05, 4.69) is 17.4 Å². The van der Waals surface area contributed by atoms with Crippen LogP contribution in [0.5, 0.6) is 5.75 Å². The second-order valence-corrected chi connectivity index (χ2v) is 9.83. The van der Waals surface area contributed by atoms with E-state index in [9.17, 15) is 13.2 Å². The summed E-state index contributed by atoms with van der Waals surface area (Å²) in [6.07, 6.45) is 1.61. The van der Waals surface area contributed by atoms with E-state index < -0.39 is 10.0 Å². The van der Waals surface area contributed by atoms with Gasteiger partial charge in [-0.25, -0.2) is 8.42 Å². The Morgan fingerprint density at radius 1 is 0.939 bits per heavy atom. The number of carbonyl (C=O) groups excluding carboxylic acids is 1. The number of carbonyl (C=O) groups is 1. The summed E-state index contributed by atoms with van der Waals surface area (Å²) in [7, 11) is -2.43. The number of aryl methyl sites for hydroxylation is 3. The number of hydrogen-bond acceptors (Lipinski definition) is 4. The first-order chi connectivity index (χ1) is 15.8. The Morgan fingerprint density at radius 3 is 2.27 bits per heavy atom. The Labute approximate surface area is 196 Å². The number of sulfonamides is 1. The second-order valence-electron chi connectivity index (χ2n) is 7.97. The molecular weight excluding hydrogens is 436 g/mol. The monoisotopic (exact) mass is 466 g/mol. The number of nitrogens with one attached hydrogen (secondary N) is 1. The fourth-order valence-electron chi connectivity index (χ4n) is 3.48. The molecule has 1 N–H and O–H groups in total. The van der Waals surface area contributed by atoms with E-state index in [4.69, 9.17) is 4.74 Å². The first-order valence-corrected chi connectivity index (χ1v) is 12.3. The molecule has 0 unspecified atom stereocenters. The summed E-state index contributed by atoms with van der Waals surface area (Å²) in [6.45, 7) is 4.14. The molecule has 0 saturated carbocycles. The highest BCUT2D eigenvalue weighted by molar-refractivity contribution is 7.92. The standard InChI is InChI=1S/C26H30N2O4S/c1-20-9-11-23(12-10-20)28(33(30,31)25-15-13-24(32-3)14-16-25)19-26(29)27-17-5-8-22-7-4-6-21(2)18-22/h4,6-7,9-16,18H,5,8,17,19H2,1-3H3,(H,27,29). The van der Waals surface area contributed by atoms with Crippen LogP contribution in [0.1, 0.15) is 23.1 Å². The van der Waals surface area contributed by atoms with Crippen LogP contribution in [0.3, 0.4) is 0 Å². The molecule has 3 aromatic carbocycles. The molecule has 0 bridgehead atoms. The molecule has 0 aliphatic rings. The number of nitrogens with zero attached hydrogens (tertiary/aromatic N) is 1. The Morgan fingerprint density at radius 2 is 1.64 bits per heavy atom. The molecule has 0 saturated heterocycles. The predicted octanol–water partition coefficient (Wildman–Crippen LogP) is 4.26. The molecule has 7 heteroatoms. The van der Waals surface area contributed by atoms with Crippen molar-refractivity contribution in [3.05, 3.63) is 89.5 Å². The third-order valence-corrected chi connectivity index (χ3v) is 7.09. The highest BCUT2D eigenvalue weighted by atomic mass is 32.2. The molecule has 0 aliphatic heterocycles. The van der Waals surface area contributed by atoms with Gasteiger partial charge in [0.1, 0.15) is 12.3 Å². The molecule has 0 aromatic heterocycles. The van der Waals surface area contributed by atoms with E-state index in [1.807, 2.05) is 38.1 Å². The fourth-order valence-corrected chi connectivity index (χ4v) is 4.90. The van der Waals surface area contributed by atoms with E-state index in [1.54, 1.807) is 24.3 Å². The summed E-state index contributed by atoms with van der Waals surface area (Å²) >= 11 is 0. The first-order valence-electron chi connectivity index (χ1n) is 10.9. The molecule has 1 amide bonds. The molecule has 33 heavy (non-hydrogen) atoms. The first kappa shape index (κ1) is 24.3. The largest absolute Gasteiger partial charge is 0.497 e. The van der Waals surface area contributed by atoms with E-state index >= 15 is 0 Å². The summed E-state index contributed by atoms with van der Waals surface area (Å²) < 4.78 is 33.1. The van der Waals surface area contributed by atoms with Crippen LogP contribution in [0.4, 0.5) is 5.69 Å². The molecular formula is C26H30N2O4S. The van der Waals surface area contributed by atoms with Gasteiger partial charge in [-0.15, -0.1) is 0 Å². The van der Waals surface area contributed by atoms with Crippen molar-refractivity contribution in [3.63, 3.8) is 0 Å². The quantitative estimate of drug-likeness (QED) is 0.453. The Bertz CT molecular complexity index is 1170. The molecule has 0 heterocycles. The summed E-state index contributed by atoms with van der Waals surface area (Å²) in [6, 6.07) is 21.5. The lowest BCUT2D eigenvalue weighted by atomic mass is 10.1. The molecule has 0 spiro atoms. The van der Waals surface area contributed by atoms with Crippen molar-refractivity contribution in [2.24, 2.45) is 0 Å². The lowest BCUT2D eigenvalue weighted by Gasteiger charge is -2.24. The third kappa shape index (κ3) is 6.58. The average molecular weight is 467 g/mol. The zero-order chi connectivity index (χ0) is 23.8. The highest BCUT2D eigenvalue weighted by Gasteiger charge is 2.27. The summed E-state index contributed by atoms with van der Waals surface area (Å²) in [5.41, 5.74) is 3.86. The van der Waals surface area contributed by atoms with Gasteiger partial charge in [-0.3, -0.25) is 9.10 Å². The maximum atomic E-state index is 13.4. The van der Waals surface area contributed by atoms with Gasteiger partial charge in [0.25, 0.3) is 10.0 Å². The summed E-state index contributed by atoms with van der Waals surface area (Å²) in [5.74, 6) is 0.207. The topological polar surface area (TPSA) is 75.7 Å². The van der Waals surface area contributed by atoms with Crippen LogP contribution >= 0.6 is 0 Å². The average Bonchev–Trinajstić information content (AvgIpc) is 2.81. The maximum Gasteiger partial charge on any atom is 0.264 e. The van der Waals surface area contributed by atoms with Crippen molar-refractivity contribution in [1.29, 1.82) is 0 Å². The van der Waals surface area contributed by atoms with Gasteiger partial charge in [0, 0.05) is 6.54 Å². The number of amides is 1. The third-order valence-electron chi connectivity index (χ3n) is 5.30. The van der Waals surface area contributed by atoms with Gasteiger partial charge in [-0.1, -0.05) is 47.5 Å². The van der Waals surface area contributed by atoms with Gasteiger partial charge in [-0.2, -0.15) is 0 Å². The second kappa shape index (κ2) is 11.0. The molecule has 0 fully saturated rings. The van der Waals surface area contributed by atoms with Gasteiger partial charge < -0.3 is 10.1 Å². The molecule has 3 rings (SSSR count). The predicted molar refractivity (Wildman–Crippen MR) is 131 cm³/mol. The minimum atomic E-state index is -3.95. The van der Waals surface area contributed by atoms with Crippen LogP contribution < -0.4 is 14.4 Å². The number of anilines is 1. The van der Waals surface area contributed by atoms with Crippen molar-refractivity contribution in [2.45, 2.75) is 31.6 Å². The minimum absolute atomic E-state index is 0.0936. The maximum absolute atomic E-state index is 13.4. The van der Waals surface area contributed by atoms with Gasteiger partial charge in [0.05, 0.1) is 17.7 Å². The zero-order valence-electron chi connectivity index (χ0n) is 19.2. The SMILES string of the molecule is COc1ccc(S(=O)(=O)N(CC(=O)NCCCc2cccc(C)c2)c2ccc(C)cc2)cc1. The Kier molecular flexibility index (Phi) is 8.11. The van der Waals surface area contributed by atoms with E-state index in [-0.39, 0.29) is 17.3 Å². The van der Waals surface area contributed by atoms with Crippen LogP contribution in [0.2, 0.25) is 0 Å². The fraction of sp³-hybridized carbons (Fsp3) is 0.269. The van der Waals surface area contributed by atoms with Crippen LogP contribution in [0.25, 0.3) is 0 Å². The summed E-state index contributed by atoms with van der Waals surface area (Å²) in [5, 5.41) is 2.86. The van der Waals surface area contributed by atoms with E-state index in [1.165, 1.54) is 30.4 Å². The lowest BCUT2D eigenvalue weighted by Crippen LogP contribution is -2.41. The van der Waals surface area contributed by atoms with Gasteiger partial charge in [-0.05, 0) is 68.7 Å². The zero-order valence-corrected chi connectivity index (χ0v) is 20.1. The molecule has 0 atom stereocenters. The van der Waals surface area contributed by atoms with Crippen LogP contribution in [-0.2, 0) is 21.2 Å². The van der Waals surface area contributed by atoms with Gasteiger partial charge >= 0.3 is 0 Å². The summed E-state index contributed by atoms with van der Waals surface area (Å²) in [4.78, 5) is 12.8. The van der Waals surface area contributed by atoms with Crippen LogP contribution in [-0.4, -0.2) is 34.5 Å². The van der Waals surface area contributed by atoms with Crippen molar-refractivity contribution >= 4 is 21.6 Å². The van der Waals surface area contributed by atoms with Crippen LogP contribution in [0, 0.1) is 13.8 Å². The number of ether oxygens (including phenoxy) is 1. The van der Waals surface area contributed by atoms with Gasteiger partial charge in [0.15, 0.2) is 0 Å². The van der Waals surface area contributed by atoms with Crippen LogP contribution in [0.15, 0.2) is 77.7 Å². The van der Waals surface area contributed by atoms with E-state index in [0.29, 0.717) is 18.0 Å². The number of benzene rings is 3. The molecule has 6 nitrogen and oxygen atoms in total. The van der Waals surface area contributed by atoms with Crippen molar-refractivity contribution in [2.75, 3.05) is 24.5 Å². The van der Waals surface area contributed by atoms with E-state index in [0.717, 1.165) is 22.7 Å². The lowest BCUT2D eigenvalue weighted by molar-refractivity contribution is -0.119. The van der Waals surface area contributed by atoms with Crippen molar-refractivity contribution in [3.8, 4) is 5.75 Å². The number of methoxy groups -OCH3 is 1. The highest BCUT2D eigenvalue weighted by Crippen LogP contribution is 2.25. The molecule has 3 aromatic rings. The van der Waals surface area contributed by atoms with Gasteiger partial charge in [0.2, 0.25) is 5.91 Å². The Balaban J connectivity index is 1.71. The minimum Gasteiger partial charge on any atom is -0.497 e. The molecule has 0 radical (unpaired) electrons. The number of hydrogen-bond donors (Lipinski definition) is 1.